The van der Waals surface area contributed by atoms with E-state index in [-0.39, 0.29) is 16.9 Å². The summed E-state index contributed by atoms with van der Waals surface area (Å²) in [5.74, 6) is -0.265. The van der Waals surface area contributed by atoms with Crippen molar-refractivity contribution in [1.82, 2.24) is 4.98 Å². The zero-order valence-electron chi connectivity index (χ0n) is 9.16. The minimum Gasteiger partial charge on any atom is -0.326 e. The zero-order valence-corrected chi connectivity index (χ0v) is 10.7. The quantitative estimate of drug-likeness (QED) is 0.865. The van der Waals surface area contributed by atoms with Crippen molar-refractivity contribution >= 4 is 21.7 Å². The van der Waals surface area contributed by atoms with Crippen LogP contribution in [-0.4, -0.2) is 10.8 Å². The maximum absolute atomic E-state index is 12.1. The lowest BCUT2D eigenvalue weighted by Crippen LogP contribution is -2.18. The van der Waals surface area contributed by atoms with Crippen molar-refractivity contribution in [3.05, 3.63) is 68.0 Å². The number of carbonyl (C=O) groups is 1. The number of hydrogen-bond donors (Lipinski definition) is 1. The second-order valence-electron chi connectivity index (χ2n) is 3.72. The van der Waals surface area contributed by atoms with Crippen molar-refractivity contribution in [2.24, 2.45) is 0 Å². The van der Waals surface area contributed by atoms with Gasteiger partial charge in [0.25, 0.3) is 5.56 Å². The summed E-state index contributed by atoms with van der Waals surface area (Å²) < 4.78 is 0.895. The lowest BCUT2D eigenvalue weighted by Gasteiger charge is -2.01. The summed E-state index contributed by atoms with van der Waals surface area (Å²) in [6, 6.07) is 10.2. The highest BCUT2D eigenvalue weighted by molar-refractivity contribution is 9.10. The molecule has 2 aromatic rings. The summed E-state index contributed by atoms with van der Waals surface area (Å²) in [5.41, 5.74) is 1.06. The van der Waals surface area contributed by atoms with Gasteiger partial charge in [-0.3, -0.25) is 9.59 Å². The third-order valence-electron chi connectivity index (χ3n) is 2.41. The summed E-state index contributed by atoms with van der Waals surface area (Å²) in [4.78, 5) is 26.3. The minimum absolute atomic E-state index is 0.165. The minimum atomic E-state index is -0.349. The first-order valence-electron chi connectivity index (χ1n) is 5.08. The van der Waals surface area contributed by atoms with Crippen molar-refractivity contribution in [3.63, 3.8) is 0 Å². The summed E-state index contributed by atoms with van der Waals surface area (Å²) in [5, 5.41) is 0. The van der Waals surface area contributed by atoms with Gasteiger partial charge in [0.2, 0.25) is 0 Å². The van der Waals surface area contributed by atoms with Gasteiger partial charge in [-0.15, -0.1) is 0 Å². The lowest BCUT2D eigenvalue weighted by atomic mass is 10.0. The van der Waals surface area contributed by atoms with Crippen molar-refractivity contribution in [2.75, 3.05) is 0 Å². The Hall–Kier alpha value is -1.68. The predicted molar refractivity (Wildman–Crippen MR) is 69.4 cm³/mol. The molecule has 3 nitrogen and oxygen atoms in total. The Kier molecular flexibility index (Phi) is 3.24. The molecule has 0 aliphatic carbocycles. The molecule has 0 aliphatic rings. The highest BCUT2D eigenvalue weighted by atomic mass is 79.9. The number of nitrogens with one attached hydrogen (secondary N) is 1. The fraction of sp³-hybridized carbons (Fsp3) is 0.0769. The standard InChI is InChI=1S/C13H10BrNO2/c1-8-2-7-11(13(17)15-8)12(16)9-3-5-10(14)6-4-9/h2-7H,1H3,(H,15,17). The molecular weight excluding hydrogens is 282 g/mol. The van der Waals surface area contributed by atoms with Crippen LogP contribution in [0.15, 0.2) is 45.7 Å². The van der Waals surface area contributed by atoms with E-state index in [4.69, 9.17) is 0 Å². The number of halogens is 1. The SMILES string of the molecule is Cc1ccc(C(=O)c2ccc(Br)cc2)c(=O)[nH]1. The topological polar surface area (TPSA) is 49.9 Å². The van der Waals surface area contributed by atoms with Gasteiger partial charge < -0.3 is 4.98 Å². The normalized spacial score (nSPS) is 10.2. The maximum atomic E-state index is 12.1. The molecule has 1 aromatic heterocycles. The molecule has 86 valence electrons. The van der Waals surface area contributed by atoms with E-state index in [0.717, 1.165) is 10.2 Å². The van der Waals surface area contributed by atoms with Gasteiger partial charge in [-0.1, -0.05) is 15.9 Å². The van der Waals surface area contributed by atoms with Gasteiger partial charge in [-0.2, -0.15) is 0 Å². The Labute approximate surface area is 107 Å². The Balaban J connectivity index is 2.44. The van der Waals surface area contributed by atoms with Crippen molar-refractivity contribution < 1.29 is 4.79 Å². The number of ketones is 1. The molecule has 17 heavy (non-hydrogen) atoms. The fourth-order valence-electron chi connectivity index (χ4n) is 1.51. The third-order valence-corrected chi connectivity index (χ3v) is 2.94. The summed E-state index contributed by atoms with van der Waals surface area (Å²) >= 11 is 3.30. The molecule has 1 aromatic carbocycles. The third kappa shape index (κ3) is 2.53. The van der Waals surface area contributed by atoms with E-state index in [1.807, 2.05) is 0 Å². The summed E-state index contributed by atoms with van der Waals surface area (Å²) in [6.45, 7) is 1.77. The second kappa shape index (κ2) is 4.67. The van der Waals surface area contributed by atoms with E-state index < -0.39 is 0 Å². The van der Waals surface area contributed by atoms with E-state index in [2.05, 4.69) is 20.9 Å². The number of carbonyl (C=O) groups excluding carboxylic acids is 1. The highest BCUT2D eigenvalue weighted by Gasteiger charge is 2.12. The Bertz CT molecular complexity index is 614. The van der Waals surface area contributed by atoms with Gasteiger partial charge in [0.15, 0.2) is 5.78 Å². The first-order chi connectivity index (χ1) is 8.08. The van der Waals surface area contributed by atoms with Crippen LogP contribution in [0.2, 0.25) is 0 Å². The van der Waals surface area contributed by atoms with Gasteiger partial charge in [0, 0.05) is 15.7 Å². The number of pyridine rings is 1. The Morgan fingerprint density at radius 3 is 2.35 bits per heavy atom. The molecule has 2 rings (SSSR count). The van der Waals surface area contributed by atoms with E-state index in [1.54, 1.807) is 43.3 Å². The molecule has 0 fully saturated rings. The van der Waals surface area contributed by atoms with Crippen LogP contribution in [0.1, 0.15) is 21.6 Å². The number of benzene rings is 1. The van der Waals surface area contributed by atoms with Crippen LogP contribution in [0.3, 0.4) is 0 Å². The smallest absolute Gasteiger partial charge is 0.259 e. The predicted octanol–water partition coefficient (Wildman–Crippen LogP) is 2.68. The summed E-state index contributed by atoms with van der Waals surface area (Å²) in [6.07, 6.45) is 0. The van der Waals surface area contributed by atoms with Crippen molar-refractivity contribution in [3.8, 4) is 0 Å². The van der Waals surface area contributed by atoms with Gasteiger partial charge >= 0.3 is 0 Å². The number of aromatic nitrogens is 1. The number of aryl methyl sites for hydroxylation is 1. The van der Waals surface area contributed by atoms with Gasteiger partial charge in [0.1, 0.15) is 0 Å². The molecule has 1 N–H and O–H groups in total. The molecule has 0 unspecified atom stereocenters. The number of aromatic amines is 1. The van der Waals surface area contributed by atoms with E-state index in [0.29, 0.717) is 5.56 Å². The number of hydrogen-bond acceptors (Lipinski definition) is 2. The van der Waals surface area contributed by atoms with Crippen LogP contribution >= 0.6 is 15.9 Å². The number of H-pyrrole nitrogens is 1. The summed E-state index contributed by atoms with van der Waals surface area (Å²) in [7, 11) is 0. The van der Waals surface area contributed by atoms with Gasteiger partial charge in [-0.25, -0.2) is 0 Å². The molecule has 0 saturated heterocycles. The van der Waals surface area contributed by atoms with Crippen LogP contribution in [0.25, 0.3) is 0 Å². The zero-order chi connectivity index (χ0) is 12.4. The molecular formula is C13H10BrNO2. The Morgan fingerprint density at radius 2 is 1.76 bits per heavy atom. The fourth-order valence-corrected chi connectivity index (χ4v) is 1.77. The molecule has 0 aliphatic heterocycles. The number of rotatable bonds is 2. The molecule has 0 radical (unpaired) electrons. The van der Waals surface area contributed by atoms with E-state index in [1.165, 1.54) is 0 Å². The van der Waals surface area contributed by atoms with E-state index >= 15 is 0 Å². The average molecular weight is 292 g/mol. The van der Waals surface area contributed by atoms with E-state index in [9.17, 15) is 9.59 Å². The molecule has 4 heteroatoms. The molecule has 0 atom stereocenters. The van der Waals surface area contributed by atoms with Crippen molar-refractivity contribution in [2.45, 2.75) is 6.92 Å². The maximum Gasteiger partial charge on any atom is 0.259 e. The monoisotopic (exact) mass is 291 g/mol. The molecule has 0 amide bonds. The first-order valence-corrected chi connectivity index (χ1v) is 5.87. The molecule has 0 spiro atoms. The van der Waals surface area contributed by atoms with Crippen LogP contribution in [-0.2, 0) is 0 Å². The van der Waals surface area contributed by atoms with Gasteiger partial charge in [0.05, 0.1) is 5.56 Å². The average Bonchev–Trinajstić information content (AvgIpc) is 2.29. The Morgan fingerprint density at radius 1 is 1.12 bits per heavy atom. The van der Waals surface area contributed by atoms with Crippen LogP contribution in [0.4, 0.5) is 0 Å². The molecule has 0 bridgehead atoms. The first kappa shape index (κ1) is 11.8. The van der Waals surface area contributed by atoms with Crippen molar-refractivity contribution in [1.29, 1.82) is 0 Å². The lowest BCUT2D eigenvalue weighted by molar-refractivity contribution is 0.103. The highest BCUT2D eigenvalue weighted by Crippen LogP contribution is 2.12. The van der Waals surface area contributed by atoms with Crippen LogP contribution in [0, 0.1) is 6.92 Å². The van der Waals surface area contributed by atoms with Gasteiger partial charge in [-0.05, 0) is 43.3 Å². The molecule has 0 saturated carbocycles. The van der Waals surface area contributed by atoms with Crippen LogP contribution < -0.4 is 5.56 Å². The second-order valence-corrected chi connectivity index (χ2v) is 4.64. The largest absolute Gasteiger partial charge is 0.326 e. The van der Waals surface area contributed by atoms with Crippen LogP contribution in [0.5, 0.6) is 0 Å². The molecule has 1 heterocycles.